The second-order valence-electron chi connectivity index (χ2n) is 12.3. The zero-order valence-corrected chi connectivity index (χ0v) is 21.6. The molecule has 5 rings (SSSR count). The molecule has 0 spiro atoms. The van der Waals surface area contributed by atoms with Crippen molar-refractivity contribution in [1.82, 2.24) is 0 Å². The van der Waals surface area contributed by atoms with Crippen molar-refractivity contribution in [1.29, 1.82) is 0 Å². The van der Waals surface area contributed by atoms with Gasteiger partial charge in [-0.3, -0.25) is 14.1 Å². The van der Waals surface area contributed by atoms with Gasteiger partial charge >= 0.3 is 7.82 Å². The van der Waals surface area contributed by atoms with Gasteiger partial charge in [0.1, 0.15) is 18.1 Å². The molecule has 0 aromatic rings. The topological polar surface area (TPSA) is 140 Å². The number of phosphoric ester groups is 1. The van der Waals surface area contributed by atoms with Crippen LogP contribution in [0.3, 0.4) is 0 Å². The minimum Gasteiger partial charge on any atom is -0.390 e. The Bertz CT molecular complexity index is 997. The van der Waals surface area contributed by atoms with E-state index >= 15 is 4.39 Å². The van der Waals surface area contributed by atoms with Gasteiger partial charge in [-0.2, -0.15) is 0 Å². The summed E-state index contributed by atoms with van der Waals surface area (Å²) in [5.41, 5.74) is -5.47. The molecule has 3 N–H and O–H groups in total. The van der Waals surface area contributed by atoms with Gasteiger partial charge in [0.15, 0.2) is 17.2 Å². The molecule has 0 amide bonds. The van der Waals surface area contributed by atoms with Gasteiger partial charge in [-0.05, 0) is 63.7 Å². The lowest BCUT2D eigenvalue weighted by molar-refractivity contribution is -0.269. The van der Waals surface area contributed by atoms with Crippen molar-refractivity contribution in [3.05, 3.63) is 0 Å². The third-order valence-corrected chi connectivity index (χ3v) is 10.8. The monoisotopic (exact) mass is 518 g/mol. The number of ether oxygens (including phenoxy) is 2. The summed E-state index contributed by atoms with van der Waals surface area (Å²) in [6.07, 6.45) is 0.233. The first-order valence-corrected chi connectivity index (χ1v) is 14.0. The van der Waals surface area contributed by atoms with E-state index in [0.29, 0.717) is 38.5 Å². The Balaban J connectivity index is 1.56. The molecule has 4 saturated carbocycles. The van der Waals surface area contributed by atoms with Crippen molar-refractivity contribution in [3.8, 4) is 0 Å². The highest BCUT2D eigenvalue weighted by Gasteiger charge is 2.80. The highest BCUT2D eigenvalue weighted by molar-refractivity contribution is 7.46. The fraction of sp³-hybridized carbons (Fsp3) is 0.917. The van der Waals surface area contributed by atoms with E-state index in [1.807, 2.05) is 6.92 Å². The number of hydrogen-bond donors (Lipinski definition) is 3. The average molecular weight is 519 g/mol. The van der Waals surface area contributed by atoms with Crippen molar-refractivity contribution in [2.45, 2.75) is 102 Å². The van der Waals surface area contributed by atoms with Crippen molar-refractivity contribution < 1.29 is 47.4 Å². The Morgan fingerprint density at radius 3 is 2.51 bits per heavy atom. The Kier molecular flexibility index (Phi) is 5.66. The fourth-order valence-electron chi connectivity index (χ4n) is 8.90. The summed E-state index contributed by atoms with van der Waals surface area (Å²) in [7, 11) is -4.92. The average Bonchev–Trinajstić information content (AvgIpc) is 3.14. The van der Waals surface area contributed by atoms with Crippen molar-refractivity contribution in [3.63, 3.8) is 0 Å². The van der Waals surface area contributed by atoms with E-state index in [1.54, 1.807) is 20.8 Å². The molecule has 0 aromatic heterocycles. The maximum absolute atomic E-state index is 17.4. The van der Waals surface area contributed by atoms with E-state index in [-0.39, 0.29) is 24.0 Å². The summed E-state index contributed by atoms with van der Waals surface area (Å²) in [5.74, 6) is -2.77. The first-order valence-electron chi connectivity index (χ1n) is 12.5. The highest BCUT2D eigenvalue weighted by Crippen LogP contribution is 2.73. The van der Waals surface area contributed by atoms with Crippen LogP contribution in [0.2, 0.25) is 0 Å². The molecule has 35 heavy (non-hydrogen) atoms. The Labute approximate surface area is 204 Å². The lowest BCUT2D eigenvalue weighted by Crippen LogP contribution is -2.71. The second-order valence-corrected chi connectivity index (χ2v) is 13.6. The molecular weight excluding hydrogens is 482 g/mol. The largest absolute Gasteiger partial charge is 0.470 e. The number of carbonyl (C=O) groups is 2. The number of ketones is 2. The van der Waals surface area contributed by atoms with E-state index < -0.39 is 66.2 Å². The zero-order chi connectivity index (χ0) is 25.8. The highest BCUT2D eigenvalue weighted by atomic mass is 31.2. The minimum atomic E-state index is -4.92. The third kappa shape index (κ3) is 3.37. The summed E-state index contributed by atoms with van der Waals surface area (Å²) in [6, 6.07) is 0. The number of alkyl halides is 1. The van der Waals surface area contributed by atoms with Crippen LogP contribution in [0.4, 0.5) is 4.39 Å². The van der Waals surface area contributed by atoms with Crippen LogP contribution in [0.1, 0.15) is 72.6 Å². The van der Waals surface area contributed by atoms with Crippen LogP contribution in [-0.2, 0) is 28.2 Å². The van der Waals surface area contributed by atoms with Crippen LogP contribution in [0.5, 0.6) is 0 Å². The number of aliphatic hydroxyl groups is 1. The smallest absolute Gasteiger partial charge is 0.390 e. The molecule has 11 heteroatoms. The number of fused-ring (bicyclic) bond motifs is 7. The summed E-state index contributed by atoms with van der Waals surface area (Å²) in [6.45, 7) is 6.10. The van der Waals surface area contributed by atoms with Gasteiger partial charge in [0.05, 0.1) is 12.2 Å². The molecule has 1 heterocycles. The van der Waals surface area contributed by atoms with Crippen LogP contribution in [-0.4, -0.2) is 62.3 Å². The molecule has 5 aliphatic rings. The number of carbonyl (C=O) groups excluding carboxylic acids is 2. The maximum atomic E-state index is 17.4. The molecule has 9 nitrogen and oxygen atoms in total. The van der Waals surface area contributed by atoms with Gasteiger partial charge in [0.2, 0.25) is 0 Å². The summed E-state index contributed by atoms with van der Waals surface area (Å²) in [4.78, 5) is 44.2. The molecule has 9 atom stereocenters. The molecule has 198 valence electrons. The Morgan fingerprint density at radius 1 is 1.17 bits per heavy atom. The molecule has 0 bridgehead atoms. The van der Waals surface area contributed by atoms with E-state index in [1.165, 1.54) is 0 Å². The number of halogens is 1. The summed E-state index contributed by atoms with van der Waals surface area (Å²) < 4.78 is 45.7. The first-order chi connectivity index (χ1) is 16.0. The molecular formula is C24H36FO9P. The number of Topliss-reactive ketones (excluding diaryl/α,β-unsaturated/α-hetero) is 2. The molecule has 4 aliphatic carbocycles. The van der Waals surface area contributed by atoms with Crippen molar-refractivity contribution >= 4 is 19.4 Å². The van der Waals surface area contributed by atoms with Crippen LogP contribution in [0.25, 0.3) is 0 Å². The zero-order valence-electron chi connectivity index (χ0n) is 20.7. The van der Waals surface area contributed by atoms with E-state index in [2.05, 4.69) is 4.52 Å². The fourth-order valence-corrected chi connectivity index (χ4v) is 9.19. The lowest BCUT2D eigenvalue weighted by atomic mass is 9.42. The Morgan fingerprint density at radius 2 is 1.86 bits per heavy atom. The van der Waals surface area contributed by atoms with Crippen LogP contribution >= 0.6 is 7.82 Å². The van der Waals surface area contributed by atoms with Crippen molar-refractivity contribution in [2.24, 2.45) is 28.6 Å². The molecule has 1 saturated heterocycles. The predicted molar refractivity (Wildman–Crippen MR) is 120 cm³/mol. The number of aliphatic hydroxyl groups excluding tert-OH is 1. The van der Waals surface area contributed by atoms with Gasteiger partial charge in [-0.15, -0.1) is 0 Å². The van der Waals surface area contributed by atoms with Gasteiger partial charge < -0.3 is 24.4 Å². The van der Waals surface area contributed by atoms with Gasteiger partial charge in [-0.25, -0.2) is 8.96 Å². The van der Waals surface area contributed by atoms with E-state index in [0.717, 1.165) is 0 Å². The van der Waals surface area contributed by atoms with Gasteiger partial charge in [-0.1, -0.05) is 13.8 Å². The molecule has 3 unspecified atom stereocenters. The predicted octanol–water partition coefficient (Wildman–Crippen LogP) is 2.84. The molecule has 1 aliphatic heterocycles. The quantitative estimate of drug-likeness (QED) is 0.479. The maximum Gasteiger partial charge on any atom is 0.470 e. The molecule has 5 fully saturated rings. The number of hydrogen-bond acceptors (Lipinski definition) is 7. The summed E-state index contributed by atoms with van der Waals surface area (Å²) >= 11 is 0. The van der Waals surface area contributed by atoms with Gasteiger partial charge in [0.25, 0.3) is 0 Å². The SMILES string of the molecule is CC1(C)O[C@H]2CC3C4CC[C@H]5CC(=O)CC[C@]5(C)C4(F)[C@@H](O)C[C@]3(C)[C@]2(C(=O)COP(=O)(O)O)O1. The summed E-state index contributed by atoms with van der Waals surface area (Å²) in [5, 5.41) is 11.5. The van der Waals surface area contributed by atoms with Crippen LogP contribution < -0.4 is 0 Å². The Hall–Kier alpha value is -0.740. The first kappa shape index (κ1) is 25.9. The minimum absolute atomic E-state index is 0.0709. The number of phosphoric acid groups is 1. The van der Waals surface area contributed by atoms with Crippen molar-refractivity contribution in [2.75, 3.05) is 6.61 Å². The second kappa shape index (κ2) is 7.65. The van der Waals surface area contributed by atoms with Gasteiger partial charge in [0, 0.05) is 23.7 Å². The van der Waals surface area contributed by atoms with Crippen LogP contribution in [0, 0.1) is 28.6 Å². The molecule has 0 radical (unpaired) electrons. The van der Waals surface area contributed by atoms with E-state index in [9.17, 15) is 29.0 Å². The normalized spacial score (nSPS) is 50.7. The standard InChI is InChI=1S/C24H36FO9P/c1-20(2)33-19-10-16-15-6-5-13-9-14(26)7-8-21(13,3)23(15,25)17(27)11-22(16,4)24(19,34-20)18(28)12-32-35(29,30)31/h13,15-17,19,27H,5-12H2,1-4H3,(H2,29,30,31)/t13-,15?,16?,17-,19-,21-,22-,23?,24+/m0/s1. The molecule has 0 aromatic carbocycles. The lowest BCUT2D eigenvalue weighted by Gasteiger charge is -2.65. The van der Waals surface area contributed by atoms with E-state index in [4.69, 9.17) is 9.47 Å². The van der Waals surface area contributed by atoms with Crippen LogP contribution in [0.15, 0.2) is 0 Å². The number of rotatable bonds is 4. The third-order valence-electron chi connectivity index (χ3n) is 10.3.